The van der Waals surface area contributed by atoms with E-state index in [0.29, 0.717) is 24.9 Å². The number of aryl methyl sites for hydroxylation is 2. The summed E-state index contributed by atoms with van der Waals surface area (Å²) in [6.45, 7) is 13.0. The maximum absolute atomic E-state index is 7.45. The standard InChI is InChI=1S/C24H35N7O/c1-15(9-21(12-25)18(4)26)13-29-23-10-16(2)30-24(31-23)27-8-7-20-14-28-19(5)22(20)11-17(3)32-6/h9-12,14,18,25,28H,1,7-8,13,26H2,2-6H3,(H2,27,29,30,31). The van der Waals surface area contributed by atoms with Crippen molar-refractivity contribution in [2.75, 3.05) is 30.8 Å². The molecule has 2 heterocycles. The Morgan fingerprint density at radius 3 is 2.75 bits per heavy atom. The van der Waals surface area contributed by atoms with Crippen molar-refractivity contribution < 1.29 is 4.74 Å². The molecule has 0 spiro atoms. The van der Waals surface area contributed by atoms with Gasteiger partial charge in [-0.1, -0.05) is 12.7 Å². The van der Waals surface area contributed by atoms with E-state index in [1.165, 1.54) is 11.8 Å². The highest BCUT2D eigenvalue weighted by molar-refractivity contribution is 5.78. The van der Waals surface area contributed by atoms with Crippen LogP contribution in [0.2, 0.25) is 0 Å². The number of ether oxygens (including phenoxy) is 1. The van der Waals surface area contributed by atoms with Crippen LogP contribution in [0.1, 0.15) is 36.4 Å². The van der Waals surface area contributed by atoms with Crippen molar-refractivity contribution in [1.82, 2.24) is 15.0 Å². The molecule has 1 unspecified atom stereocenters. The molecule has 32 heavy (non-hydrogen) atoms. The Bertz CT molecular complexity index is 1000. The fraction of sp³-hybridized carbons (Fsp3) is 0.375. The van der Waals surface area contributed by atoms with E-state index in [0.717, 1.165) is 40.3 Å². The molecular weight excluding hydrogens is 402 g/mol. The van der Waals surface area contributed by atoms with Crippen LogP contribution in [0.5, 0.6) is 0 Å². The maximum atomic E-state index is 7.45. The summed E-state index contributed by atoms with van der Waals surface area (Å²) in [6.07, 6.45) is 7.98. The predicted octanol–water partition coefficient (Wildman–Crippen LogP) is 3.97. The van der Waals surface area contributed by atoms with E-state index < -0.39 is 0 Å². The largest absolute Gasteiger partial charge is 0.501 e. The van der Waals surface area contributed by atoms with Gasteiger partial charge in [-0.3, -0.25) is 0 Å². The molecule has 1 atom stereocenters. The van der Waals surface area contributed by atoms with Crippen LogP contribution in [0, 0.1) is 19.3 Å². The van der Waals surface area contributed by atoms with Crippen molar-refractivity contribution in [2.45, 2.75) is 40.2 Å². The van der Waals surface area contributed by atoms with Crippen molar-refractivity contribution in [1.29, 1.82) is 5.41 Å². The van der Waals surface area contributed by atoms with Crippen LogP contribution in [0.3, 0.4) is 0 Å². The molecule has 0 fully saturated rings. The number of allylic oxidation sites excluding steroid dienone is 1. The second-order valence-electron chi connectivity index (χ2n) is 7.80. The fourth-order valence-electron chi connectivity index (χ4n) is 3.10. The number of methoxy groups -OCH3 is 1. The number of hydrogen-bond donors (Lipinski definition) is 5. The SMILES string of the molecule is C=C(C=C(C=N)C(C)N)CNc1cc(C)nc(NCCc2c[nH]c(C)c2C=C(C)OC)n1. The summed E-state index contributed by atoms with van der Waals surface area (Å²) < 4.78 is 5.29. The zero-order chi connectivity index (χ0) is 23.7. The first-order valence-electron chi connectivity index (χ1n) is 10.6. The number of H-pyrrole nitrogens is 1. The van der Waals surface area contributed by atoms with Crippen molar-refractivity contribution in [3.63, 3.8) is 0 Å². The van der Waals surface area contributed by atoms with Crippen LogP contribution in [0.25, 0.3) is 6.08 Å². The monoisotopic (exact) mass is 437 g/mol. The van der Waals surface area contributed by atoms with E-state index >= 15 is 0 Å². The minimum absolute atomic E-state index is 0.209. The highest BCUT2D eigenvalue weighted by atomic mass is 16.5. The lowest BCUT2D eigenvalue weighted by Crippen LogP contribution is -2.19. The second kappa shape index (κ2) is 11.9. The zero-order valence-corrected chi connectivity index (χ0v) is 19.7. The topological polar surface area (TPSA) is 125 Å². The summed E-state index contributed by atoms with van der Waals surface area (Å²) in [6, 6.07) is 1.68. The fourth-order valence-corrected chi connectivity index (χ4v) is 3.10. The van der Waals surface area contributed by atoms with Crippen LogP contribution in [0.15, 0.2) is 41.8 Å². The van der Waals surface area contributed by atoms with Gasteiger partial charge in [-0.25, -0.2) is 4.98 Å². The van der Waals surface area contributed by atoms with Gasteiger partial charge in [0.15, 0.2) is 0 Å². The minimum Gasteiger partial charge on any atom is -0.501 e. The van der Waals surface area contributed by atoms with Crippen LogP contribution in [0.4, 0.5) is 11.8 Å². The molecule has 8 heteroatoms. The van der Waals surface area contributed by atoms with Gasteiger partial charge in [0.2, 0.25) is 5.95 Å². The third-order valence-corrected chi connectivity index (χ3v) is 4.97. The summed E-state index contributed by atoms with van der Waals surface area (Å²) in [4.78, 5) is 12.3. The number of nitrogens with one attached hydrogen (secondary N) is 4. The molecule has 8 nitrogen and oxygen atoms in total. The molecule has 6 N–H and O–H groups in total. The number of rotatable bonds is 12. The average Bonchev–Trinajstić information content (AvgIpc) is 3.09. The summed E-state index contributed by atoms with van der Waals surface area (Å²) in [7, 11) is 1.67. The molecule has 0 bridgehead atoms. The number of nitrogens with two attached hydrogens (primary N) is 1. The lowest BCUT2D eigenvalue weighted by molar-refractivity contribution is 0.297. The van der Waals surface area contributed by atoms with Gasteiger partial charge in [-0.05, 0) is 56.9 Å². The summed E-state index contributed by atoms with van der Waals surface area (Å²) in [5, 5.41) is 14.0. The van der Waals surface area contributed by atoms with Gasteiger partial charge in [-0.15, -0.1) is 0 Å². The Hall–Kier alpha value is -3.39. The first-order valence-corrected chi connectivity index (χ1v) is 10.6. The summed E-state index contributed by atoms with van der Waals surface area (Å²) >= 11 is 0. The molecule has 0 saturated heterocycles. The van der Waals surface area contributed by atoms with Gasteiger partial charge in [-0.2, -0.15) is 4.98 Å². The smallest absolute Gasteiger partial charge is 0.224 e. The first-order chi connectivity index (χ1) is 15.2. The zero-order valence-electron chi connectivity index (χ0n) is 19.7. The quantitative estimate of drug-likeness (QED) is 0.194. The first kappa shape index (κ1) is 24.9. The van der Waals surface area contributed by atoms with E-state index in [2.05, 4.69) is 39.1 Å². The van der Waals surface area contributed by atoms with Gasteiger partial charge in [0.1, 0.15) is 5.82 Å². The van der Waals surface area contributed by atoms with Crippen molar-refractivity contribution in [3.05, 3.63) is 64.3 Å². The molecule has 2 aromatic heterocycles. The summed E-state index contributed by atoms with van der Waals surface area (Å²) in [5.74, 6) is 2.15. The molecule has 0 aliphatic carbocycles. The van der Waals surface area contributed by atoms with E-state index in [4.69, 9.17) is 15.9 Å². The van der Waals surface area contributed by atoms with Crippen LogP contribution in [-0.2, 0) is 11.2 Å². The van der Waals surface area contributed by atoms with E-state index in [1.54, 1.807) is 7.11 Å². The number of anilines is 2. The highest BCUT2D eigenvalue weighted by Crippen LogP contribution is 2.18. The number of aromatic nitrogens is 3. The van der Waals surface area contributed by atoms with Crippen LogP contribution in [-0.4, -0.2) is 47.4 Å². The lowest BCUT2D eigenvalue weighted by Gasteiger charge is -2.11. The van der Waals surface area contributed by atoms with Gasteiger partial charge < -0.3 is 31.5 Å². The lowest BCUT2D eigenvalue weighted by atomic mass is 10.1. The molecule has 2 rings (SSSR count). The van der Waals surface area contributed by atoms with Gasteiger partial charge in [0.05, 0.1) is 12.9 Å². The minimum atomic E-state index is -0.209. The van der Waals surface area contributed by atoms with Crippen molar-refractivity contribution in [2.24, 2.45) is 5.73 Å². The number of hydrogen-bond acceptors (Lipinski definition) is 7. The number of aromatic amines is 1. The van der Waals surface area contributed by atoms with Crippen molar-refractivity contribution in [3.8, 4) is 0 Å². The molecule has 0 amide bonds. The molecule has 172 valence electrons. The van der Waals surface area contributed by atoms with Gasteiger partial charge in [0, 0.05) is 54.6 Å². The van der Waals surface area contributed by atoms with Crippen LogP contribution >= 0.6 is 0 Å². The second-order valence-corrected chi connectivity index (χ2v) is 7.80. The molecule has 0 aliphatic rings. The normalized spacial score (nSPS) is 12.9. The van der Waals surface area contributed by atoms with E-state index in [9.17, 15) is 0 Å². The van der Waals surface area contributed by atoms with E-state index in [-0.39, 0.29) is 6.04 Å². The third-order valence-electron chi connectivity index (χ3n) is 4.97. The molecule has 2 aromatic rings. The molecule has 0 saturated carbocycles. The molecular formula is C24H35N7O. The van der Waals surface area contributed by atoms with Gasteiger partial charge in [0.25, 0.3) is 0 Å². The third kappa shape index (κ3) is 7.39. The van der Waals surface area contributed by atoms with Gasteiger partial charge >= 0.3 is 0 Å². The Morgan fingerprint density at radius 2 is 2.09 bits per heavy atom. The predicted molar refractivity (Wildman–Crippen MR) is 133 cm³/mol. The highest BCUT2D eigenvalue weighted by Gasteiger charge is 2.08. The average molecular weight is 438 g/mol. The maximum Gasteiger partial charge on any atom is 0.224 e. The van der Waals surface area contributed by atoms with E-state index in [1.807, 2.05) is 45.2 Å². The Kier molecular flexibility index (Phi) is 9.22. The van der Waals surface area contributed by atoms with Crippen LogP contribution < -0.4 is 16.4 Å². The molecule has 0 radical (unpaired) electrons. The molecule has 0 aliphatic heterocycles. The Morgan fingerprint density at radius 1 is 1.34 bits per heavy atom. The molecule has 0 aromatic carbocycles. The van der Waals surface area contributed by atoms with Crippen molar-refractivity contribution >= 4 is 24.1 Å². The summed E-state index contributed by atoms with van der Waals surface area (Å²) in [5.41, 5.74) is 11.7. The Labute approximate surface area is 190 Å². The Balaban J connectivity index is 1.99. The number of nitrogens with zero attached hydrogens (tertiary/aromatic N) is 2.